The van der Waals surface area contributed by atoms with Crippen LogP contribution >= 0.6 is 0 Å². The van der Waals surface area contributed by atoms with E-state index >= 15 is 0 Å². The van der Waals surface area contributed by atoms with Crippen LogP contribution in [-0.2, 0) is 5.41 Å². The summed E-state index contributed by atoms with van der Waals surface area (Å²) in [6, 6.07) is 10.7. The van der Waals surface area contributed by atoms with Gasteiger partial charge in [0.15, 0.2) is 0 Å². The van der Waals surface area contributed by atoms with Crippen LogP contribution in [0.2, 0.25) is 0 Å². The van der Waals surface area contributed by atoms with Crippen molar-refractivity contribution in [3.05, 3.63) is 41.7 Å². The summed E-state index contributed by atoms with van der Waals surface area (Å²) in [4.78, 5) is 8.90. The zero-order valence-electron chi connectivity index (χ0n) is 12.6. The summed E-state index contributed by atoms with van der Waals surface area (Å²) in [7, 11) is 1.81. The Kier molecular flexibility index (Phi) is 4.08. The van der Waals surface area contributed by atoms with Gasteiger partial charge in [0.2, 0.25) is 5.88 Å². The molecule has 0 saturated heterocycles. The van der Waals surface area contributed by atoms with Crippen LogP contribution in [0.5, 0.6) is 11.6 Å². The molecule has 2 rings (SSSR count). The Morgan fingerprint density at radius 2 is 1.81 bits per heavy atom. The number of ether oxygens (including phenoxy) is 1. The van der Waals surface area contributed by atoms with E-state index in [4.69, 9.17) is 10.00 Å². The van der Waals surface area contributed by atoms with E-state index < -0.39 is 0 Å². The molecule has 1 heterocycles. The highest BCUT2D eigenvalue weighted by atomic mass is 16.5. The van der Waals surface area contributed by atoms with Crippen molar-refractivity contribution in [3.63, 3.8) is 0 Å². The van der Waals surface area contributed by atoms with E-state index in [1.807, 2.05) is 20.8 Å². The lowest BCUT2D eigenvalue weighted by molar-refractivity contribution is 0.446. The van der Waals surface area contributed by atoms with Crippen molar-refractivity contribution in [3.8, 4) is 17.7 Å². The van der Waals surface area contributed by atoms with Gasteiger partial charge in [-0.1, -0.05) is 20.8 Å². The fraction of sp³-hybridized carbons (Fsp3) is 0.312. The number of anilines is 1. The average molecular weight is 282 g/mol. The Bertz CT molecular complexity index is 666. The van der Waals surface area contributed by atoms with Crippen molar-refractivity contribution in [1.82, 2.24) is 9.97 Å². The molecule has 0 spiro atoms. The minimum atomic E-state index is -0.171. The van der Waals surface area contributed by atoms with E-state index in [0.717, 1.165) is 0 Å². The minimum Gasteiger partial charge on any atom is -0.439 e. The highest BCUT2D eigenvalue weighted by Crippen LogP contribution is 2.26. The van der Waals surface area contributed by atoms with E-state index in [0.29, 0.717) is 28.8 Å². The van der Waals surface area contributed by atoms with E-state index in [1.165, 1.54) is 0 Å². The summed E-state index contributed by atoms with van der Waals surface area (Å²) in [6.07, 6.45) is 0. The quantitative estimate of drug-likeness (QED) is 0.933. The lowest BCUT2D eigenvalue weighted by atomic mass is 9.96. The second-order valence-electron chi connectivity index (χ2n) is 5.65. The topological polar surface area (TPSA) is 70.8 Å². The van der Waals surface area contributed by atoms with Gasteiger partial charge < -0.3 is 10.1 Å². The first-order valence-corrected chi connectivity index (χ1v) is 6.67. The highest BCUT2D eigenvalue weighted by molar-refractivity contribution is 5.41. The normalized spacial score (nSPS) is 10.8. The van der Waals surface area contributed by atoms with Gasteiger partial charge in [-0.05, 0) is 24.3 Å². The van der Waals surface area contributed by atoms with Crippen LogP contribution in [0, 0.1) is 11.3 Å². The van der Waals surface area contributed by atoms with Crippen LogP contribution in [0.3, 0.4) is 0 Å². The average Bonchev–Trinajstić information content (AvgIpc) is 2.46. The van der Waals surface area contributed by atoms with Gasteiger partial charge >= 0.3 is 0 Å². The van der Waals surface area contributed by atoms with Crippen LogP contribution in [0.15, 0.2) is 30.3 Å². The number of nitriles is 1. The molecule has 0 atom stereocenters. The molecule has 2 aromatic rings. The Morgan fingerprint density at radius 1 is 1.14 bits per heavy atom. The molecule has 0 saturated carbocycles. The van der Waals surface area contributed by atoms with Gasteiger partial charge in [0.25, 0.3) is 0 Å². The van der Waals surface area contributed by atoms with Crippen molar-refractivity contribution >= 4 is 5.82 Å². The number of aromatic nitrogens is 2. The van der Waals surface area contributed by atoms with Crippen molar-refractivity contribution in [1.29, 1.82) is 5.26 Å². The van der Waals surface area contributed by atoms with Crippen molar-refractivity contribution in [2.45, 2.75) is 26.2 Å². The molecule has 0 bridgehead atoms. The van der Waals surface area contributed by atoms with E-state index in [2.05, 4.69) is 21.4 Å². The lowest BCUT2D eigenvalue weighted by Gasteiger charge is -2.18. The lowest BCUT2D eigenvalue weighted by Crippen LogP contribution is -2.17. The predicted molar refractivity (Wildman–Crippen MR) is 81.5 cm³/mol. The summed E-state index contributed by atoms with van der Waals surface area (Å²) in [6.45, 7) is 6.15. The maximum Gasteiger partial charge on any atom is 0.224 e. The number of nitrogens with one attached hydrogen (secondary N) is 1. The number of hydrogen-bond acceptors (Lipinski definition) is 5. The summed E-state index contributed by atoms with van der Waals surface area (Å²) >= 11 is 0. The Morgan fingerprint density at radius 3 is 2.33 bits per heavy atom. The number of rotatable bonds is 3. The smallest absolute Gasteiger partial charge is 0.224 e. The highest BCUT2D eigenvalue weighted by Gasteiger charge is 2.19. The standard InChI is InChI=1S/C16H18N4O/c1-16(2,3)15-19-13(18-4)9-14(20-15)21-12-7-5-11(10-17)6-8-12/h5-9H,1-4H3,(H,18,19,20). The third-order valence-corrected chi connectivity index (χ3v) is 2.84. The molecule has 5 heteroatoms. The van der Waals surface area contributed by atoms with Crippen molar-refractivity contribution in [2.24, 2.45) is 0 Å². The zero-order valence-corrected chi connectivity index (χ0v) is 12.6. The van der Waals surface area contributed by atoms with Crippen LogP contribution in [0.25, 0.3) is 0 Å². The number of nitrogens with zero attached hydrogens (tertiary/aromatic N) is 3. The van der Waals surface area contributed by atoms with Gasteiger partial charge in [-0.25, -0.2) is 4.98 Å². The third kappa shape index (κ3) is 3.69. The molecule has 21 heavy (non-hydrogen) atoms. The molecule has 0 aliphatic heterocycles. The summed E-state index contributed by atoms with van der Waals surface area (Å²) in [5.41, 5.74) is 0.423. The first-order chi connectivity index (χ1) is 9.92. The molecule has 5 nitrogen and oxygen atoms in total. The first kappa shape index (κ1) is 14.8. The Balaban J connectivity index is 2.32. The second-order valence-corrected chi connectivity index (χ2v) is 5.65. The van der Waals surface area contributed by atoms with E-state index in [1.54, 1.807) is 37.4 Å². The summed E-state index contributed by atoms with van der Waals surface area (Å²) < 4.78 is 5.76. The van der Waals surface area contributed by atoms with Gasteiger partial charge in [-0.3, -0.25) is 0 Å². The predicted octanol–water partition coefficient (Wildman–Crippen LogP) is 3.48. The summed E-state index contributed by atoms with van der Waals surface area (Å²) in [5, 5.41) is 11.8. The number of hydrogen-bond donors (Lipinski definition) is 1. The Hall–Kier alpha value is -2.61. The molecular formula is C16H18N4O. The van der Waals surface area contributed by atoms with E-state index in [9.17, 15) is 0 Å². The molecule has 1 N–H and O–H groups in total. The molecule has 108 valence electrons. The fourth-order valence-electron chi connectivity index (χ4n) is 1.66. The molecular weight excluding hydrogens is 264 g/mol. The van der Waals surface area contributed by atoms with Gasteiger partial charge in [0, 0.05) is 18.5 Å². The van der Waals surface area contributed by atoms with Crippen molar-refractivity contribution in [2.75, 3.05) is 12.4 Å². The molecule has 0 aliphatic rings. The van der Waals surface area contributed by atoms with Crippen molar-refractivity contribution < 1.29 is 4.74 Å². The third-order valence-electron chi connectivity index (χ3n) is 2.84. The molecule has 0 radical (unpaired) electrons. The van der Waals surface area contributed by atoms with Gasteiger partial charge in [0.05, 0.1) is 11.6 Å². The van der Waals surface area contributed by atoms with Gasteiger partial charge in [-0.2, -0.15) is 10.2 Å². The molecule has 0 unspecified atom stereocenters. The van der Waals surface area contributed by atoms with Crippen LogP contribution < -0.4 is 10.1 Å². The monoisotopic (exact) mass is 282 g/mol. The SMILES string of the molecule is CNc1cc(Oc2ccc(C#N)cc2)nc(C(C)(C)C)n1. The molecule has 0 fully saturated rings. The maximum atomic E-state index is 8.79. The van der Waals surface area contributed by atoms with Gasteiger partial charge in [-0.15, -0.1) is 0 Å². The van der Waals surface area contributed by atoms with Crippen LogP contribution in [0.1, 0.15) is 32.2 Å². The molecule has 1 aromatic heterocycles. The van der Waals surface area contributed by atoms with Crippen LogP contribution in [0.4, 0.5) is 5.82 Å². The van der Waals surface area contributed by atoms with E-state index in [-0.39, 0.29) is 5.41 Å². The summed E-state index contributed by atoms with van der Waals surface area (Å²) in [5.74, 6) is 2.52. The second kappa shape index (κ2) is 5.80. The zero-order chi connectivity index (χ0) is 15.5. The Labute approximate surface area is 124 Å². The maximum absolute atomic E-state index is 8.79. The first-order valence-electron chi connectivity index (χ1n) is 6.67. The molecule has 0 aliphatic carbocycles. The van der Waals surface area contributed by atoms with Gasteiger partial charge in [0.1, 0.15) is 17.4 Å². The largest absolute Gasteiger partial charge is 0.439 e. The van der Waals surface area contributed by atoms with Crippen LogP contribution in [-0.4, -0.2) is 17.0 Å². The molecule has 1 aromatic carbocycles. The number of benzene rings is 1. The fourth-order valence-corrected chi connectivity index (χ4v) is 1.66. The minimum absolute atomic E-state index is 0.171. The molecule has 0 amide bonds.